The van der Waals surface area contributed by atoms with E-state index in [0.717, 1.165) is 30.6 Å². The molecule has 2 saturated carbocycles. The Morgan fingerprint density at radius 1 is 0.488 bits per heavy atom. The highest BCUT2D eigenvalue weighted by Crippen LogP contribution is 2.35. The van der Waals surface area contributed by atoms with E-state index in [1.807, 2.05) is 7.11 Å². The van der Waals surface area contributed by atoms with Gasteiger partial charge >= 0.3 is 0 Å². The fourth-order valence-corrected chi connectivity index (χ4v) is 8.58. The van der Waals surface area contributed by atoms with E-state index < -0.39 is 0 Å². The van der Waals surface area contributed by atoms with E-state index in [1.165, 1.54) is 143 Å². The van der Waals surface area contributed by atoms with Crippen LogP contribution in [0.15, 0.2) is 0 Å². The highest BCUT2D eigenvalue weighted by Gasteiger charge is 2.35. The number of likely N-dealkylation sites (tertiary alicyclic amines) is 4. The van der Waals surface area contributed by atoms with Crippen LogP contribution in [0.3, 0.4) is 0 Å². The molecule has 4 aliphatic heterocycles. The minimum absolute atomic E-state index is 0.447. The molecular weight excluding hydrogens is 512 g/mol. The second kappa shape index (κ2) is 15.1. The van der Waals surface area contributed by atoms with Gasteiger partial charge in [0.25, 0.3) is 0 Å². The van der Waals surface area contributed by atoms with Crippen LogP contribution in [-0.4, -0.2) is 136 Å². The lowest BCUT2D eigenvalue weighted by atomic mass is 9.79. The quantitative estimate of drug-likeness (QED) is 0.343. The lowest BCUT2D eigenvalue weighted by Gasteiger charge is -2.42. The lowest BCUT2D eigenvalue weighted by Crippen LogP contribution is -2.45. The van der Waals surface area contributed by atoms with Gasteiger partial charge in [0.2, 0.25) is 0 Å². The van der Waals surface area contributed by atoms with Crippen molar-refractivity contribution < 1.29 is 14.2 Å². The van der Waals surface area contributed by atoms with Gasteiger partial charge in [0.1, 0.15) is 0 Å². The third-order valence-corrected chi connectivity index (χ3v) is 11.8. The maximum absolute atomic E-state index is 6.57. The Balaban J connectivity index is 0.762. The van der Waals surface area contributed by atoms with Crippen molar-refractivity contribution >= 4 is 0 Å². The molecule has 6 fully saturated rings. The van der Waals surface area contributed by atoms with Crippen LogP contribution in [0.2, 0.25) is 0 Å². The SMILES string of the molecule is CO[C@H]1C[C@H](OC2CCN(CC3CCN(CC[C@H]4C[C@H](OC5CCN(CC6CCN(C)CC6)CC5)C4)CC3)CC2)C1. The van der Waals surface area contributed by atoms with E-state index in [-0.39, 0.29) is 0 Å². The topological polar surface area (TPSA) is 40.7 Å². The Hall–Kier alpha value is -0.280. The third kappa shape index (κ3) is 9.12. The van der Waals surface area contributed by atoms with Crippen LogP contribution < -0.4 is 0 Å². The van der Waals surface area contributed by atoms with Gasteiger partial charge in [-0.2, -0.15) is 0 Å². The van der Waals surface area contributed by atoms with E-state index in [2.05, 4.69) is 26.6 Å². The molecular formula is C34H62N4O3. The summed E-state index contributed by atoms with van der Waals surface area (Å²) in [7, 11) is 4.09. The number of methoxy groups -OCH3 is 1. The lowest BCUT2D eigenvalue weighted by molar-refractivity contribution is -0.126. The van der Waals surface area contributed by atoms with Crippen LogP contribution in [-0.2, 0) is 14.2 Å². The van der Waals surface area contributed by atoms with Crippen molar-refractivity contribution in [1.29, 1.82) is 0 Å². The molecule has 2 aliphatic carbocycles. The largest absolute Gasteiger partial charge is 0.381 e. The molecule has 0 amide bonds. The van der Waals surface area contributed by atoms with E-state index >= 15 is 0 Å². The van der Waals surface area contributed by atoms with E-state index in [0.29, 0.717) is 30.5 Å². The molecule has 4 saturated heterocycles. The summed E-state index contributed by atoms with van der Waals surface area (Å²) in [6, 6.07) is 0. The molecule has 0 aromatic heterocycles. The zero-order valence-corrected chi connectivity index (χ0v) is 26.6. The summed E-state index contributed by atoms with van der Waals surface area (Å²) in [6.45, 7) is 14.1. The standard InChI is InChI=1S/C34H62N4O3/c1-35-12-3-27(4-13-35)25-37-17-8-30(9-18-37)40-33-21-29(22-33)7-16-36-14-5-28(6-15-36)26-38-19-10-31(11-20-38)41-34-23-32(24-34)39-2/h27-34H,3-26H2,1-2H3/t29-,32-,33-,34-. The zero-order chi connectivity index (χ0) is 28.0. The molecule has 7 heteroatoms. The number of hydrogen-bond acceptors (Lipinski definition) is 7. The fraction of sp³-hybridized carbons (Fsp3) is 1.00. The summed E-state index contributed by atoms with van der Waals surface area (Å²) < 4.78 is 18.3. The van der Waals surface area contributed by atoms with Crippen molar-refractivity contribution in [2.75, 3.05) is 86.1 Å². The van der Waals surface area contributed by atoms with Gasteiger partial charge in [0.15, 0.2) is 0 Å². The summed E-state index contributed by atoms with van der Waals surface area (Å²) in [6.07, 6.45) is 19.2. The molecule has 0 unspecified atom stereocenters. The van der Waals surface area contributed by atoms with Crippen molar-refractivity contribution in [3.8, 4) is 0 Å². The van der Waals surface area contributed by atoms with Gasteiger partial charge in [-0.3, -0.25) is 0 Å². The van der Waals surface area contributed by atoms with Crippen molar-refractivity contribution in [3.05, 3.63) is 0 Å². The predicted octanol–water partition coefficient (Wildman–Crippen LogP) is 4.35. The number of nitrogens with zero attached hydrogens (tertiary/aromatic N) is 4. The van der Waals surface area contributed by atoms with Gasteiger partial charge in [-0.05, 0) is 141 Å². The average molecular weight is 575 g/mol. The van der Waals surface area contributed by atoms with Crippen LogP contribution >= 0.6 is 0 Å². The summed E-state index contributed by atoms with van der Waals surface area (Å²) in [5, 5.41) is 0. The Morgan fingerprint density at radius 3 is 1.46 bits per heavy atom. The maximum Gasteiger partial charge on any atom is 0.0628 e. The van der Waals surface area contributed by atoms with Crippen LogP contribution in [0.25, 0.3) is 0 Å². The summed E-state index contributed by atoms with van der Waals surface area (Å²) >= 11 is 0. The Labute approximate surface area is 251 Å². The van der Waals surface area contributed by atoms with Gasteiger partial charge in [0.05, 0.1) is 30.5 Å². The van der Waals surface area contributed by atoms with E-state index in [1.54, 1.807) is 0 Å². The number of rotatable bonds is 12. The third-order valence-electron chi connectivity index (χ3n) is 11.8. The summed E-state index contributed by atoms with van der Waals surface area (Å²) in [5.41, 5.74) is 0. The Bertz CT molecular complexity index is 743. The smallest absolute Gasteiger partial charge is 0.0628 e. The Kier molecular flexibility index (Phi) is 11.3. The molecule has 0 bridgehead atoms. The first kappa shape index (κ1) is 30.7. The van der Waals surface area contributed by atoms with Gasteiger partial charge < -0.3 is 33.8 Å². The van der Waals surface area contributed by atoms with Crippen molar-refractivity contribution in [2.24, 2.45) is 17.8 Å². The highest BCUT2D eigenvalue weighted by molar-refractivity contribution is 4.86. The molecule has 7 nitrogen and oxygen atoms in total. The van der Waals surface area contributed by atoms with Crippen molar-refractivity contribution in [3.63, 3.8) is 0 Å². The molecule has 0 aromatic rings. The first-order chi connectivity index (χ1) is 20.1. The minimum atomic E-state index is 0.447. The number of piperidine rings is 4. The second-order valence-corrected chi connectivity index (χ2v) is 15.0. The molecule has 0 spiro atoms. The summed E-state index contributed by atoms with van der Waals surface area (Å²) in [4.78, 5) is 10.7. The summed E-state index contributed by atoms with van der Waals surface area (Å²) in [5.74, 6) is 2.73. The van der Waals surface area contributed by atoms with E-state index in [4.69, 9.17) is 14.2 Å². The van der Waals surface area contributed by atoms with Crippen LogP contribution in [0.5, 0.6) is 0 Å². The molecule has 236 valence electrons. The van der Waals surface area contributed by atoms with Crippen LogP contribution in [0, 0.1) is 17.8 Å². The van der Waals surface area contributed by atoms with Gasteiger partial charge in [-0.1, -0.05) is 0 Å². The fourth-order valence-electron chi connectivity index (χ4n) is 8.58. The van der Waals surface area contributed by atoms with Gasteiger partial charge in [0, 0.05) is 46.4 Å². The predicted molar refractivity (Wildman–Crippen MR) is 165 cm³/mol. The van der Waals surface area contributed by atoms with Crippen LogP contribution in [0.1, 0.15) is 83.5 Å². The average Bonchev–Trinajstić information content (AvgIpc) is 2.95. The molecule has 4 heterocycles. The number of ether oxygens (including phenoxy) is 3. The highest BCUT2D eigenvalue weighted by atomic mass is 16.5. The molecule has 0 atom stereocenters. The maximum atomic E-state index is 6.57. The van der Waals surface area contributed by atoms with Crippen LogP contribution in [0.4, 0.5) is 0 Å². The van der Waals surface area contributed by atoms with Crippen molar-refractivity contribution in [1.82, 2.24) is 19.6 Å². The molecule has 0 aromatic carbocycles. The second-order valence-electron chi connectivity index (χ2n) is 15.0. The first-order valence-electron chi connectivity index (χ1n) is 17.8. The molecule has 6 aliphatic rings. The van der Waals surface area contributed by atoms with Gasteiger partial charge in [-0.15, -0.1) is 0 Å². The van der Waals surface area contributed by atoms with E-state index in [9.17, 15) is 0 Å². The van der Waals surface area contributed by atoms with Gasteiger partial charge in [-0.25, -0.2) is 0 Å². The molecule has 0 N–H and O–H groups in total. The monoisotopic (exact) mass is 574 g/mol. The first-order valence-corrected chi connectivity index (χ1v) is 17.8. The normalized spacial score (nSPS) is 35.0. The van der Waals surface area contributed by atoms with Crippen molar-refractivity contribution in [2.45, 2.75) is 114 Å². The minimum Gasteiger partial charge on any atom is -0.381 e. The Morgan fingerprint density at radius 2 is 0.951 bits per heavy atom. The molecule has 41 heavy (non-hydrogen) atoms. The molecule has 0 radical (unpaired) electrons. The molecule has 6 rings (SSSR count). The number of hydrogen-bond donors (Lipinski definition) is 0. The zero-order valence-electron chi connectivity index (χ0n) is 26.6.